The molecule has 0 aromatic heterocycles. The van der Waals surface area contributed by atoms with Crippen LogP contribution in [0.25, 0.3) is 5.57 Å². The summed E-state index contributed by atoms with van der Waals surface area (Å²) in [6.45, 7) is 0. The molecule has 0 radical (unpaired) electrons. The third kappa shape index (κ3) is 4.10. The van der Waals surface area contributed by atoms with Gasteiger partial charge in [0.15, 0.2) is 0 Å². The zero-order chi connectivity index (χ0) is 23.5. The highest BCUT2D eigenvalue weighted by Gasteiger charge is 2.41. The fourth-order valence-electron chi connectivity index (χ4n) is 3.60. The summed E-state index contributed by atoms with van der Waals surface area (Å²) < 4.78 is 16.1. The Balaban J connectivity index is 1.85. The van der Waals surface area contributed by atoms with Crippen LogP contribution in [0.15, 0.2) is 72.4 Å². The van der Waals surface area contributed by atoms with Crippen LogP contribution in [-0.4, -0.2) is 33.1 Å². The van der Waals surface area contributed by atoms with Crippen LogP contribution in [0.2, 0.25) is 5.02 Å². The van der Waals surface area contributed by atoms with Gasteiger partial charge >= 0.3 is 0 Å². The highest BCUT2D eigenvalue weighted by atomic mass is 35.5. The van der Waals surface area contributed by atoms with Crippen LogP contribution in [0.1, 0.15) is 5.56 Å². The predicted octanol–water partition coefficient (Wildman–Crippen LogP) is 4.76. The zero-order valence-electron chi connectivity index (χ0n) is 18.2. The van der Waals surface area contributed by atoms with E-state index in [4.69, 9.17) is 25.8 Å². The van der Waals surface area contributed by atoms with Gasteiger partial charge in [0.25, 0.3) is 11.8 Å². The third-order valence-electron chi connectivity index (χ3n) is 5.21. The van der Waals surface area contributed by atoms with Crippen molar-refractivity contribution in [2.75, 3.05) is 31.5 Å². The molecule has 4 rings (SSSR count). The van der Waals surface area contributed by atoms with Crippen molar-refractivity contribution in [3.05, 3.63) is 83.0 Å². The van der Waals surface area contributed by atoms with E-state index in [1.807, 2.05) is 0 Å². The first-order valence-corrected chi connectivity index (χ1v) is 10.4. The molecule has 0 spiro atoms. The molecule has 8 heteroatoms. The van der Waals surface area contributed by atoms with E-state index in [0.717, 1.165) is 4.90 Å². The zero-order valence-corrected chi connectivity index (χ0v) is 19.0. The van der Waals surface area contributed by atoms with Crippen LogP contribution in [0.5, 0.6) is 17.2 Å². The maximum absolute atomic E-state index is 13.6. The Morgan fingerprint density at radius 3 is 2.15 bits per heavy atom. The van der Waals surface area contributed by atoms with Crippen LogP contribution in [0, 0.1) is 0 Å². The lowest BCUT2D eigenvalue weighted by atomic mass is 10.0. The number of halogens is 1. The van der Waals surface area contributed by atoms with E-state index in [1.165, 1.54) is 14.2 Å². The first-order valence-electron chi connectivity index (χ1n) is 9.99. The molecule has 3 aromatic rings. The summed E-state index contributed by atoms with van der Waals surface area (Å²) in [4.78, 5) is 28.3. The molecular weight excluding hydrogens is 444 g/mol. The van der Waals surface area contributed by atoms with Crippen molar-refractivity contribution in [3.63, 3.8) is 0 Å². The summed E-state index contributed by atoms with van der Waals surface area (Å²) in [7, 11) is 4.54. The fraction of sp³-hybridized carbons (Fsp3) is 0.120. The average Bonchev–Trinajstić information content (AvgIpc) is 3.08. The smallest absolute Gasteiger partial charge is 0.282 e. The van der Waals surface area contributed by atoms with Crippen molar-refractivity contribution in [2.24, 2.45) is 0 Å². The highest BCUT2D eigenvalue weighted by molar-refractivity contribution is 6.46. The van der Waals surface area contributed by atoms with Crippen molar-refractivity contribution in [1.29, 1.82) is 0 Å². The van der Waals surface area contributed by atoms with Crippen LogP contribution in [-0.2, 0) is 9.59 Å². The quantitative estimate of drug-likeness (QED) is 0.508. The van der Waals surface area contributed by atoms with Gasteiger partial charge in [-0.3, -0.25) is 9.59 Å². The van der Waals surface area contributed by atoms with E-state index < -0.39 is 11.8 Å². The average molecular weight is 465 g/mol. The summed E-state index contributed by atoms with van der Waals surface area (Å²) in [6, 6.07) is 18.7. The van der Waals surface area contributed by atoms with E-state index in [0.29, 0.717) is 39.2 Å². The molecule has 0 fully saturated rings. The van der Waals surface area contributed by atoms with Crippen molar-refractivity contribution >= 4 is 40.4 Å². The number of benzene rings is 3. The Kier molecular flexibility index (Phi) is 6.24. The molecule has 1 aliphatic rings. The van der Waals surface area contributed by atoms with Crippen LogP contribution in [0.3, 0.4) is 0 Å². The number of nitrogens with zero attached hydrogens (tertiary/aromatic N) is 1. The monoisotopic (exact) mass is 464 g/mol. The number of carbonyl (C=O) groups excluding carboxylic acids is 2. The number of methoxy groups -OCH3 is 3. The molecule has 0 bridgehead atoms. The summed E-state index contributed by atoms with van der Waals surface area (Å²) >= 11 is 6.04. The molecule has 3 aromatic carbocycles. The minimum absolute atomic E-state index is 0.108. The molecule has 1 aliphatic heterocycles. The molecule has 0 aliphatic carbocycles. The van der Waals surface area contributed by atoms with E-state index >= 15 is 0 Å². The second-order valence-electron chi connectivity index (χ2n) is 7.07. The van der Waals surface area contributed by atoms with Crippen LogP contribution in [0.4, 0.5) is 11.4 Å². The third-order valence-corrected chi connectivity index (χ3v) is 5.46. The highest BCUT2D eigenvalue weighted by Crippen LogP contribution is 2.39. The minimum atomic E-state index is -0.521. The van der Waals surface area contributed by atoms with E-state index in [2.05, 4.69) is 5.32 Å². The first kappa shape index (κ1) is 22.2. The van der Waals surface area contributed by atoms with Crippen molar-refractivity contribution in [3.8, 4) is 17.2 Å². The van der Waals surface area contributed by atoms with E-state index in [1.54, 1.807) is 73.8 Å². The normalized spacial score (nSPS) is 13.4. The molecule has 0 atom stereocenters. The van der Waals surface area contributed by atoms with Gasteiger partial charge in [-0.1, -0.05) is 35.9 Å². The maximum atomic E-state index is 13.6. The first-order chi connectivity index (χ1) is 16.0. The molecule has 7 nitrogen and oxygen atoms in total. The van der Waals surface area contributed by atoms with Crippen LogP contribution >= 0.6 is 11.6 Å². The number of para-hydroxylation sites is 2. The maximum Gasteiger partial charge on any atom is 0.282 e. The largest absolute Gasteiger partial charge is 0.497 e. The predicted molar refractivity (Wildman–Crippen MR) is 127 cm³/mol. The summed E-state index contributed by atoms with van der Waals surface area (Å²) in [5.74, 6) is 0.439. The Hall–Kier alpha value is -3.97. The molecule has 168 valence electrons. The van der Waals surface area contributed by atoms with Crippen molar-refractivity contribution in [1.82, 2.24) is 0 Å². The van der Waals surface area contributed by atoms with Crippen molar-refractivity contribution in [2.45, 2.75) is 0 Å². The molecule has 33 heavy (non-hydrogen) atoms. The van der Waals surface area contributed by atoms with Crippen molar-refractivity contribution < 1.29 is 23.8 Å². The second kappa shape index (κ2) is 9.26. The minimum Gasteiger partial charge on any atom is -0.497 e. The van der Waals surface area contributed by atoms with E-state index in [-0.39, 0.29) is 11.3 Å². The molecule has 0 saturated carbocycles. The van der Waals surface area contributed by atoms with Gasteiger partial charge in [-0.2, -0.15) is 0 Å². The lowest BCUT2D eigenvalue weighted by molar-refractivity contribution is -0.120. The molecule has 0 saturated heterocycles. The number of carbonyl (C=O) groups is 2. The lowest BCUT2D eigenvalue weighted by Crippen LogP contribution is -2.32. The molecule has 2 amide bonds. The Morgan fingerprint density at radius 2 is 1.48 bits per heavy atom. The number of anilines is 2. The molecule has 1 heterocycles. The summed E-state index contributed by atoms with van der Waals surface area (Å²) in [5, 5.41) is 3.62. The molecule has 1 N–H and O–H groups in total. The SMILES string of the molecule is COc1ccc(NC2=C(c3ccc(Cl)cc3)C(=O)N(c3ccccc3OC)C2=O)c(OC)c1. The number of hydrogen-bond donors (Lipinski definition) is 1. The fourth-order valence-corrected chi connectivity index (χ4v) is 3.73. The second-order valence-corrected chi connectivity index (χ2v) is 7.50. The molecule has 0 unspecified atom stereocenters. The van der Waals surface area contributed by atoms with E-state index in [9.17, 15) is 9.59 Å². The number of nitrogens with one attached hydrogen (secondary N) is 1. The summed E-state index contributed by atoms with van der Waals surface area (Å²) in [5.41, 5.74) is 1.71. The topological polar surface area (TPSA) is 77.1 Å². The Morgan fingerprint density at radius 1 is 0.788 bits per heavy atom. The number of imide groups is 1. The standard InChI is InChI=1S/C25H21ClN2O5/c1-31-17-12-13-18(21(14-17)33-3)27-23-22(15-8-10-16(26)11-9-15)24(29)28(25(23)30)19-6-4-5-7-20(19)32-2/h4-14,27H,1-3H3. The number of ether oxygens (including phenoxy) is 3. The Bertz CT molecular complexity index is 1250. The number of amides is 2. The number of rotatable bonds is 7. The van der Waals surface area contributed by atoms with Gasteiger partial charge in [-0.15, -0.1) is 0 Å². The molecular formula is C25H21ClN2O5. The van der Waals surface area contributed by atoms with Gasteiger partial charge in [-0.25, -0.2) is 4.90 Å². The summed E-state index contributed by atoms with van der Waals surface area (Å²) in [6.07, 6.45) is 0. The number of hydrogen-bond acceptors (Lipinski definition) is 6. The Labute approximate surface area is 196 Å². The van der Waals surface area contributed by atoms with Gasteiger partial charge in [0.1, 0.15) is 22.9 Å². The van der Waals surface area contributed by atoms with Gasteiger partial charge < -0.3 is 19.5 Å². The van der Waals surface area contributed by atoms with Gasteiger partial charge in [-0.05, 0) is 42.0 Å². The van der Waals surface area contributed by atoms with Crippen LogP contribution < -0.4 is 24.4 Å². The van der Waals surface area contributed by atoms with Gasteiger partial charge in [0.05, 0.1) is 38.3 Å². The lowest BCUT2D eigenvalue weighted by Gasteiger charge is -2.18. The van der Waals surface area contributed by atoms with Gasteiger partial charge in [0, 0.05) is 11.1 Å². The van der Waals surface area contributed by atoms with Gasteiger partial charge in [0.2, 0.25) is 0 Å².